The normalized spacial score (nSPS) is 13.1. The number of carbonyl (C=O) groups is 2. The monoisotopic (exact) mass is 339 g/mol. The van der Waals surface area contributed by atoms with Gasteiger partial charge in [-0.3, -0.25) is 4.79 Å². The molecule has 0 heterocycles. The summed E-state index contributed by atoms with van der Waals surface area (Å²) in [5, 5.41) is 2.86. The van der Waals surface area contributed by atoms with Crippen LogP contribution in [0.15, 0.2) is 60.7 Å². The van der Waals surface area contributed by atoms with Gasteiger partial charge in [-0.1, -0.05) is 81.4 Å². The van der Waals surface area contributed by atoms with Crippen LogP contribution in [0.2, 0.25) is 0 Å². The van der Waals surface area contributed by atoms with Gasteiger partial charge in [0.1, 0.15) is 6.61 Å². The first-order valence-electron chi connectivity index (χ1n) is 8.55. The zero-order valence-electron chi connectivity index (χ0n) is 14.9. The molecule has 0 saturated carbocycles. The third kappa shape index (κ3) is 5.45. The van der Waals surface area contributed by atoms with E-state index in [2.05, 4.69) is 5.32 Å². The summed E-state index contributed by atoms with van der Waals surface area (Å²) >= 11 is 0. The molecule has 0 radical (unpaired) electrons. The van der Waals surface area contributed by atoms with Crippen molar-refractivity contribution in [2.45, 2.75) is 33.4 Å². The van der Waals surface area contributed by atoms with Gasteiger partial charge in [0.25, 0.3) is 0 Å². The number of alkyl carbamates (subject to hydrolysis) is 1. The van der Waals surface area contributed by atoms with Gasteiger partial charge in [-0.2, -0.15) is 0 Å². The summed E-state index contributed by atoms with van der Waals surface area (Å²) in [5.41, 5.74) is 1.58. The number of amides is 1. The van der Waals surface area contributed by atoms with E-state index in [-0.39, 0.29) is 30.3 Å². The highest BCUT2D eigenvalue weighted by Crippen LogP contribution is 2.18. The molecule has 4 heteroatoms. The highest BCUT2D eigenvalue weighted by atomic mass is 16.5. The standard InChI is InChI=1S/C21H25NO3/c1-15(2)19(16(3)20(23)18-12-8-5-9-13-18)22-21(24)25-14-17-10-6-4-7-11-17/h4-13,15-16,19H,14H2,1-3H3,(H,22,24)/t16-,19+/m1/s1. The summed E-state index contributed by atoms with van der Waals surface area (Å²) in [6, 6.07) is 18.4. The molecule has 0 bridgehead atoms. The Labute approximate surface area is 149 Å². The summed E-state index contributed by atoms with van der Waals surface area (Å²) in [7, 11) is 0. The lowest BCUT2D eigenvalue weighted by Crippen LogP contribution is -2.45. The molecule has 0 saturated heterocycles. The van der Waals surface area contributed by atoms with Crippen molar-refractivity contribution in [1.82, 2.24) is 5.32 Å². The lowest BCUT2D eigenvalue weighted by Gasteiger charge is -2.27. The molecule has 1 N–H and O–H groups in total. The first-order valence-corrected chi connectivity index (χ1v) is 8.55. The van der Waals surface area contributed by atoms with Gasteiger partial charge in [-0.25, -0.2) is 4.79 Å². The predicted molar refractivity (Wildman–Crippen MR) is 98.3 cm³/mol. The number of benzene rings is 2. The molecule has 2 aromatic rings. The largest absolute Gasteiger partial charge is 0.445 e. The van der Waals surface area contributed by atoms with Crippen LogP contribution >= 0.6 is 0 Å². The SMILES string of the molecule is CC(C)[C@H](NC(=O)OCc1ccccc1)[C@@H](C)C(=O)c1ccccc1. The minimum Gasteiger partial charge on any atom is -0.445 e. The fraction of sp³-hybridized carbons (Fsp3) is 0.333. The van der Waals surface area contributed by atoms with Crippen LogP contribution in [0, 0.1) is 11.8 Å². The first-order chi connectivity index (χ1) is 12.0. The zero-order valence-corrected chi connectivity index (χ0v) is 14.9. The van der Waals surface area contributed by atoms with Gasteiger partial charge < -0.3 is 10.1 Å². The van der Waals surface area contributed by atoms with Crippen LogP contribution in [0.25, 0.3) is 0 Å². The Kier molecular flexibility index (Phi) is 6.75. The molecule has 0 unspecified atom stereocenters. The van der Waals surface area contributed by atoms with Crippen LogP contribution in [0.1, 0.15) is 36.7 Å². The Morgan fingerprint density at radius 3 is 2.04 bits per heavy atom. The summed E-state index contributed by atoms with van der Waals surface area (Å²) in [6.07, 6.45) is -0.504. The Bertz CT molecular complexity index is 683. The number of hydrogen-bond donors (Lipinski definition) is 1. The molecule has 25 heavy (non-hydrogen) atoms. The van der Waals surface area contributed by atoms with E-state index in [0.717, 1.165) is 5.56 Å². The van der Waals surface area contributed by atoms with E-state index in [1.54, 1.807) is 12.1 Å². The topological polar surface area (TPSA) is 55.4 Å². The summed E-state index contributed by atoms with van der Waals surface area (Å²) in [5.74, 6) is -0.221. The fourth-order valence-corrected chi connectivity index (χ4v) is 2.80. The number of carbonyl (C=O) groups excluding carboxylic acids is 2. The van der Waals surface area contributed by atoms with Crippen LogP contribution < -0.4 is 5.32 Å². The maximum Gasteiger partial charge on any atom is 0.407 e. The summed E-state index contributed by atoms with van der Waals surface area (Å²) in [4.78, 5) is 24.8. The Morgan fingerprint density at radius 2 is 1.48 bits per heavy atom. The second-order valence-corrected chi connectivity index (χ2v) is 6.49. The molecule has 0 aliphatic rings. The van der Waals surface area contributed by atoms with Gasteiger partial charge in [0, 0.05) is 17.5 Å². The van der Waals surface area contributed by atoms with Crippen LogP contribution in [-0.2, 0) is 11.3 Å². The Hall–Kier alpha value is -2.62. The molecule has 2 rings (SSSR count). The Balaban J connectivity index is 1.97. The van der Waals surface area contributed by atoms with Crippen molar-refractivity contribution in [2.24, 2.45) is 11.8 Å². The minimum absolute atomic E-state index is 0.0164. The number of rotatable bonds is 7. The number of ketones is 1. The molecule has 1 amide bonds. The zero-order chi connectivity index (χ0) is 18.2. The molecule has 4 nitrogen and oxygen atoms in total. The number of ether oxygens (including phenoxy) is 1. The average Bonchev–Trinajstić information content (AvgIpc) is 2.64. The molecule has 0 fully saturated rings. The van der Waals surface area contributed by atoms with E-state index in [4.69, 9.17) is 4.74 Å². The quantitative estimate of drug-likeness (QED) is 0.758. The van der Waals surface area contributed by atoms with E-state index < -0.39 is 6.09 Å². The van der Waals surface area contributed by atoms with Crippen LogP contribution in [0.4, 0.5) is 4.79 Å². The Morgan fingerprint density at radius 1 is 0.920 bits per heavy atom. The average molecular weight is 339 g/mol. The number of hydrogen-bond acceptors (Lipinski definition) is 3. The van der Waals surface area contributed by atoms with Crippen molar-refractivity contribution in [1.29, 1.82) is 0 Å². The highest BCUT2D eigenvalue weighted by Gasteiger charge is 2.29. The predicted octanol–water partition coefficient (Wildman–Crippen LogP) is 4.46. The van der Waals surface area contributed by atoms with Gasteiger partial charge >= 0.3 is 6.09 Å². The van der Waals surface area contributed by atoms with E-state index in [9.17, 15) is 9.59 Å². The molecule has 132 valence electrons. The van der Waals surface area contributed by atoms with Crippen LogP contribution in [0.3, 0.4) is 0 Å². The minimum atomic E-state index is -0.504. The second kappa shape index (κ2) is 9.02. The van der Waals surface area contributed by atoms with E-state index in [1.165, 1.54) is 0 Å². The lowest BCUT2D eigenvalue weighted by atomic mass is 9.86. The van der Waals surface area contributed by atoms with Crippen LogP contribution in [0.5, 0.6) is 0 Å². The number of Topliss-reactive ketones (excluding diaryl/α,β-unsaturated/α-hetero) is 1. The maximum absolute atomic E-state index is 12.7. The molecule has 0 aliphatic carbocycles. The van der Waals surface area contributed by atoms with Crippen molar-refractivity contribution in [3.05, 3.63) is 71.8 Å². The van der Waals surface area contributed by atoms with Gasteiger partial charge in [0.15, 0.2) is 5.78 Å². The summed E-state index contributed by atoms with van der Waals surface area (Å²) in [6.45, 7) is 6.02. The maximum atomic E-state index is 12.7. The van der Waals surface area contributed by atoms with Crippen molar-refractivity contribution >= 4 is 11.9 Å². The fourth-order valence-electron chi connectivity index (χ4n) is 2.80. The molecular formula is C21H25NO3. The molecule has 0 aliphatic heterocycles. The highest BCUT2D eigenvalue weighted by molar-refractivity contribution is 5.98. The smallest absolute Gasteiger partial charge is 0.407 e. The third-order valence-corrected chi connectivity index (χ3v) is 4.23. The van der Waals surface area contributed by atoms with Crippen molar-refractivity contribution in [2.75, 3.05) is 0 Å². The molecule has 0 aromatic heterocycles. The molecule has 2 atom stereocenters. The van der Waals surface area contributed by atoms with E-state index in [1.807, 2.05) is 69.3 Å². The van der Waals surface area contributed by atoms with Gasteiger partial charge in [0.2, 0.25) is 0 Å². The summed E-state index contributed by atoms with van der Waals surface area (Å²) < 4.78 is 5.28. The van der Waals surface area contributed by atoms with E-state index >= 15 is 0 Å². The van der Waals surface area contributed by atoms with Crippen molar-refractivity contribution < 1.29 is 14.3 Å². The molecule has 2 aromatic carbocycles. The van der Waals surface area contributed by atoms with Crippen molar-refractivity contribution in [3.8, 4) is 0 Å². The first kappa shape index (κ1) is 18.7. The van der Waals surface area contributed by atoms with Crippen molar-refractivity contribution in [3.63, 3.8) is 0 Å². The molecule has 0 spiro atoms. The van der Waals surface area contributed by atoms with Crippen LogP contribution in [-0.4, -0.2) is 17.9 Å². The third-order valence-electron chi connectivity index (χ3n) is 4.23. The molecular weight excluding hydrogens is 314 g/mol. The van der Waals surface area contributed by atoms with Gasteiger partial charge in [0.05, 0.1) is 0 Å². The lowest BCUT2D eigenvalue weighted by molar-refractivity contribution is 0.0869. The number of nitrogens with one attached hydrogen (secondary N) is 1. The van der Waals surface area contributed by atoms with E-state index in [0.29, 0.717) is 5.56 Å². The van der Waals surface area contributed by atoms with Gasteiger partial charge in [-0.05, 0) is 11.5 Å². The second-order valence-electron chi connectivity index (χ2n) is 6.49. The van der Waals surface area contributed by atoms with Gasteiger partial charge in [-0.15, -0.1) is 0 Å².